The Morgan fingerprint density at radius 1 is 1.19 bits per heavy atom. The number of para-hydroxylation sites is 2. The zero-order valence-electron chi connectivity index (χ0n) is 11.8. The normalized spacial score (nSPS) is 14.1. The first-order valence-electron chi connectivity index (χ1n) is 6.97. The lowest BCUT2D eigenvalue weighted by molar-refractivity contribution is 0.0983. The Balaban J connectivity index is 2.03. The summed E-state index contributed by atoms with van der Waals surface area (Å²) in [6.45, 7) is 2.73. The van der Waals surface area contributed by atoms with Crippen molar-refractivity contribution in [3.63, 3.8) is 0 Å². The third-order valence-corrected chi connectivity index (χ3v) is 3.61. The second-order valence-corrected chi connectivity index (χ2v) is 5.06. The maximum absolute atomic E-state index is 14.2. The summed E-state index contributed by atoms with van der Waals surface area (Å²) < 4.78 is 19.8. The first-order valence-corrected chi connectivity index (χ1v) is 6.97. The van der Waals surface area contributed by atoms with Crippen molar-refractivity contribution in [2.75, 3.05) is 18.1 Å². The van der Waals surface area contributed by atoms with Crippen LogP contribution in [0.3, 0.4) is 0 Å². The van der Waals surface area contributed by atoms with E-state index in [-0.39, 0.29) is 11.5 Å². The fourth-order valence-corrected chi connectivity index (χ4v) is 2.50. The molecule has 1 aliphatic rings. The van der Waals surface area contributed by atoms with Gasteiger partial charge in [0.1, 0.15) is 11.6 Å². The van der Waals surface area contributed by atoms with Gasteiger partial charge in [0.15, 0.2) is 0 Å². The van der Waals surface area contributed by atoms with Gasteiger partial charge in [-0.1, -0.05) is 24.3 Å². The number of carbonyl (C=O) groups excluding carboxylic acids is 1. The minimum atomic E-state index is -0.454. The number of anilines is 1. The van der Waals surface area contributed by atoms with Gasteiger partial charge < -0.3 is 9.64 Å². The highest BCUT2D eigenvalue weighted by molar-refractivity contribution is 6.07. The number of carbonyl (C=O) groups is 1. The van der Waals surface area contributed by atoms with Gasteiger partial charge in [-0.05, 0) is 37.1 Å². The van der Waals surface area contributed by atoms with Crippen LogP contribution in [0.5, 0.6) is 5.75 Å². The molecule has 0 saturated heterocycles. The lowest BCUT2D eigenvalue weighted by atomic mass is 10.1. The monoisotopic (exact) mass is 285 g/mol. The number of benzene rings is 2. The van der Waals surface area contributed by atoms with Crippen LogP contribution in [0.1, 0.15) is 22.3 Å². The standard InChI is InChI=1S/C17H16FNO2/c1-12-6-4-7-13(16(12)18)17(20)19-10-5-11-21-15-9-3-2-8-14(15)19/h2-4,6-9H,5,10-11H2,1H3. The molecule has 0 atom stereocenters. The van der Waals surface area contributed by atoms with Crippen molar-refractivity contribution >= 4 is 11.6 Å². The predicted octanol–water partition coefficient (Wildman–Crippen LogP) is 3.56. The molecular weight excluding hydrogens is 269 g/mol. The van der Waals surface area contributed by atoms with E-state index < -0.39 is 5.82 Å². The van der Waals surface area contributed by atoms with E-state index in [0.717, 1.165) is 0 Å². The summed E-state index contributed by atoms with van der Waals surface area (Å²) in [7, 11) is 0. The second kappa shape index (κ2) is 5.56. The second-order valence-electron chi connectivity index (χ2n) is 5.06. The zero-order valence-corrected chi connectivity index (χ0v) is 11.8. The molecule has 4 heteroatoms. The maximum atomic E-state index is 14.2. The molecule has 0 spiro atoms. The molecule has 0 saturated carbocycles. The van der Waals surface area contributed by atoms with Gasteiger partial charge in [-0.2, -0.15) is 0 Å². The molecule has 0 fully saturated rings. The highest BCUT2D eigenvalue weighted by Crippen LogP contribution is 2.32. The number of halogens is 1. The van der Waals surface area contributed by atoms with Gasteiger partial charge in [0.25, 0.3) is 5.91 Å². The van der Waals surface area contributed by atoms with Crippen molar-refractivity contribution in [1.29, 1.82) is 0 Å². The Morgan fingerprint density at radius 2 is 2.00 bits per heavy atom. The Labute approximate surface area is 123 Å². The van der Waals surface area contributed by atoms with Gasteiger partial charge in [0.05, 0.1) is 17.9 Å². The van der Waals surface area contributed by atoms with Crippen molar-refractivity contribution in [1.82, 2.24) is 0 Å². The summed E-state index contributed by atoms with van der Waals surface area (Å²) in [5.74, 6) is -0.115. The first kappa shape index (κ1) is 13.6. The van der Waals surface area contributed by atoms with E-state index in [1.165, 1.54) is 6.07 Å². The van der Waals surface area contributed by atoms with Crippen LogP contribution in [-0.4, -0.2) is 19.1 Å². The molecule has 0 radical (unpaired) electrons. The van der Waals surface area contributed by atoms with Crippen molar-refractivity contribution < 1.29 is 13.9 Å². The number of rotatable bonds is 1. The van der Waals surface area contributed by atoms with Crippen LogP contribution >= 0.6 is 0 Å². The van der Waals surface area contributed by atoms with Crippen molar-refractivity contribution in [2.45, 2.75) is 13.3 Å². The molecule has 0 N–H and O–H groups in total. The molecule has 0 bridgehead atoms. The van der Waals surface area contributed by atoms with Gasteiger partial charge in [0, 0.05) is 6.54 Å². The van der Waals surface area contributed by atoms with Gasteiger partial charge >= 0.3 is 0 Å². The fourth-order valence-electron chi connectivity index (χ4n) is 2.50. The fraction of sp³-hybridized carbons (Fsp3) is 0.235. The smallest absolute Gasteiger partial charge is 0.261 e. The van der Waals surface area contributed by atoms with Gasteiger partial charge in [-0.3, -0.25) is 4.79 Å². The molecule has 108 valence electrons. The number of fused-ring (bicyclic) bond motifs is 1. The van der Waals surface area contributed by atoms with Gasteiger partial charge in [0.2, 0.25) is 0 Å². The molecule has 1 heterocycles. The van der Waals surface area contributed by atoms with Crippen LogP contribution in [-0.2, 0) is 0 Å². The van der Waals surface area contributed by atoms with Crippen LogP contribution in [0, 0.1) is 12.7 Å². The summed E-state index contributed by atoms with van der Waals surface area (Å²) >= 11 is 0. The van der Waals surface area contributed by atoms with Gasteiger partial charge in [-0.15, -0.1) is 0 Å². The Kier molecular flexibility index (Phi) is 3.60. The van der Waals surface area contributed by atoms with Crippen LogP contribution in [0.25, 0.3) is 0 Å². The van der Waals surface area contributed by atoms with E-state index >= 15 is 0 Å². The topological polar surface area (TPSA) is 29.5 Å². The third-order valence-electron chi connectivity index (χ3n) is 3.61. The van der Waals surface area contributed by atoms with E-state index in [1.54, 1.807) is 24.0 Å². The number of hydrogen-bond donors (Lipinski definition) is 0. The minimum Gasteiger partial charge on any atom is -0.491 e. The molecule has 1 aliphatic heterocycles. The molecule has 0 aliphatic carbocycles. The van der Waals surface area contributed by atoms with E-state index in [4.69, 9.17) is 4.74 Å². The van der Waals surface area contributed by atoms with Gasteiger partial charge in [-0.25, -0.2) is 4.39 Å². The van der Waals surface area contributed by atoms with Crippen LogP contribution in [0.4, 0.5) is 10.1 Å². The average Bonchev–Trinajstić information content (AvgIpc) is 2.72. The number of aryl methyl sites for hydroxylation is 1. The Morgan fingerprint density at radius 3 is 2.86 bits per heavy atom. The highest BCUT2D eigenvalue weighted by atomic mass is 19.1. The minimum absolute atomic E-state index is 0.103. The van der Waals surface area contributed by atoms with Crippen molar-refractivity contribution in [3.8, 4) is 5.75 Å². The first-order chi connectivity index (χ1) is 10.2. The van der Waals surface area contributed by atoms with Crippen molar-refractivity contribution in [3.05, 3.63) is 59.4 Å². The molecule has 21 heavy (non-hydrogen) atoms. The molecular formula is C17H16FNO2. The average molecular weight is 285 g/mol. The lowest BCUT2D eigenvalue weighted by Gasteiger charge is -2.22. The summed E-state index contributed by atoms with van der Waals surface area (Å²) in [6, 6.07) is 12.2. The van der Waals surface area contributed by atoms with E-state index in [2.05, 4.69) is 0 Å². The highest BCUT2D eigenvalue weighted by Gasteiger charge is 2.25. The summed E-state index contributed by atoms with van der Waals surface area (Å²) in [5, 5.41) is 0. The molecule has 3 nitrogen and oxygen atoms in total. The molecule has 0 aromatic heterocycles. The lowest BCUT2D eigenvalue weighted by Crippen LogP contribution is -2.32. The number of ether oxygens (including phenoxy) is 1. The van der Waals surface area contributed by atoms with Crippen LogP contribution in [0.2, 0.25) is 0 Å². The van der Waals surface area contributed by atoms with E-state index in [0.29, 0.717) is 36.6 Å². The molecule has 2 aromatic carbocycles. The van der Waals surface area contributed by atoms with E-state index in [1.807, 2.05) is 24.3 Å². The molecule has 1 amide bonds. The summed E-state index contributed by atoms with van der Waals surface area (Å²) in [5.41, 5.74) is 1.27. The van der Waals surface area contributed by atoms with Crippen LogP contribution in [0.15, 0.2) is 42.5 Å². The molecule has 2 aromatic rings. The van der Waals surface area contributed by atoms with E-state index in [9.17, 15) is 9.18 Å². The predicted molar refractivity (Wildman–Crippen MR) is 79.4 cm³/mol. The number of nitrogens with zero attached hydrogens (tertiary/aromatic N) is 1. The Bertz CT molecular complexity index is 684. The third kappa shape index (κ3) is 2.49. The maximum Gasteiger partial charge on any atom is 0.261 e. The number of hydrogen-bond acceptors (Lipinski definition) is 2. The SMILES string of the molecule is Cc1cccc(C(=O)N2CCCOc3ccccc32)c1F. The largest absolute Gasteiger partial charge is 0.491 e. The van der Waals surface area contributed by atoms with Crippen molar-refractivity contribution in [2.24, 2.45) is 0 Å². The Hall–Kier alpha value is -2.36. The zero-order chi connectivity index (χ0) is 14.8. The summed E-state index contributed by atoms with van der Waals surface area (Å²) in [6.07, 6.45) is 0.716. The van der Waals surface area contributed by atoms with Crippen LogP contribution < -0.4 is 9.64 Å². The molecule has 3 rings (SSSR count). The summed E-state index contributed by atoms with van der Waals surface area (Å²) in [4.78, 5) is 14.3. The number of amides is 1. The quantitative estimate of drug-likeness (QED) is 0.801. The molecule has 0 unspecified atom stereocenters.